The highest BCUT2D eigenvalue weighted by Gasteiger charge is 2.54. The van der Waals surface area contributed by atoms with Crippen LogP contribution in [0.4, 0.5) is 10.5 Å². The Hall–Kier alpha value is -3.78. The van der Waals surface area contributed by atoms with Crippen LogP contribution >= 0.6 is 0 Å². The van der Waals surface area contributed by atoms with Crippen LogP contribution in [0.25, 0.3) is 32.6 Å². The van der Waals surface area contributed by atoms with E-state index in [9.17, 15) is 9.59 Å². The summed E-state index contributed by atoms with van der Waals surface area (Å²) >= 11 is 0. The number of rotatable bonds is 5. The van der Waals surface area contributed by atoms with E-state index in [2.05, 4.69) is 10.2 Å². The van der Waals surface area contributed by atoms with E-state index in [1.807, 2.05) is 82.0 Å². The molecule has 3 aromatic carbocycles. The molecule has 192 valence electrons. The summed E-state index contributed by atoms with van der Waals surface area (Å²) < 4.78 is 19.7. The lowest BCUT2D eigenvalue weighted by atomic mass is 9.86. The minimum Gasteiger partial charge on any atom is -0.483 e. The Morgan fingerprint density at radius 3 is 2.51 bits per heavy atom. The van der Waals surface area contributed by atoms with Gasteiger partial charge in [-0.25, -0.2) is 4.79 Å². The second-order valence-corrected chi connectivity index (χ2v) is 10.8. The number of carbonyl (C=O) groups excluding carboxylic acids is 1. The first-order valence-corrected chi connectivity index (χ1v) is 12.6. The van der Waals surface area contributed by atoms with Gasteiger partial charge in [-0.05, 0) is 63.8 Å². The molecule has 1 saturated heterocycles. The van der Waals surface area contributed by atoms with Crippen molar-refractivity contribution in [1.82, 2.24) is 9.47 Å². The summed E-state index contributed by atoms with van der Waals surface area (Å²) in [7, 11) is 6.02. The topological polar surface area (TPSA) is 82.0 Å². The largest absolute Gasteiger partial charge is 0.509 e. The van der Waals surface area contributed by atoms with Crippen LogP contribution in [0.15, 0.2) is 47.3 Å². The molecule has 2 aliphatic heterocycles. The molecule has 8 heteroatoms. The monoisotopic (exact) mass is 501 g/mol. The van der Waals surface area contributed by atoms with Gasteiger partial charge in [0.05, 0.1) is 27.7 Å². The zero-order valence-corrected chi connectivity index (χ0v) is 21.8. The maximum absolute atomic E-state index is 14.2. The molecular weight excluding hydrogens is 470 g/mol. The molecule has 37 heavy (non-hydrogen) atoms. The van der Waals surface area contributed by atoms with Crippen LogP contribution in [-0.2, 0) is 16.5 Å². The van der Waals surface area contributed by atoms with Crippen molar-refractivity contribution < 1.29 is 19.0 Å². The summed E-state index contributed by atoms with van der Waals surface area (Å²) in [6, 6.07) is 13.9. The van der Waals surface area contributed by atoms with E-state index in [1.54, 1.807) is 0 Å². The van der Waals surface area contributed by atoms with Crippen molar-refractivity contribution in [3.8, 4) is 5.75 Å². The number of hydrogen-bond acceptors (Lipinski definition) is 7. The predicted molar refractivity (Wildman–Crippen MR) is 145 cm³/mol. The lowest BCUT2D eigenvalue weighted by Gasteiger charge is -2.39. The normalized spacial score (nSPS) is 20.0. The van der Waals surface area contributed by atoms with E-state index in [-0.39, 0.29) is 5.43 Å². The third kappa shape index (κ3) is 3.70. The van der Waals surface area contributed by atoms with E-state index in [4.69, 9.17) is 14.2 Å². The third-order valence-electron chi connectivity index (χ3n) is 7.50. The smallest absolute Gasteiger partial charge is 0.483 e. The molecule has 1 aromatic heterocycles. The van der Waals surface area contributed by atoms with Crippen LogP contribution in [0.2, 0.25) is 0 Å². The van der Waals surface area contributed by atoms with Gasteiger partial charge in [0.15, 0.2) is 17.6 Å². The van der Waals surface area contributed by atoms with Crippen LogP contribution in [0, 0.1) is 0 Å². The van der Waals surface area contributed by atoms with Crippen LogP contribution in [-0.4, -0.2) is 54.5 Å². The van der Waals surface area contributed by atoms with E-state index >= 15 is 0 Å². The average molecular weight is 502 g/mol. The molecule has 8 nitrogen and oxygen atoms in total. The van der Waals surface area contributed by atoms with Crippen molar-refractivity contribution in [1.29, 1.82) is 0 Å². The number of benzene rings is 3. The van der Waals surface area contributed by atoms with E-state index < -0.39 is 24.0 Å². The van der Waals surface area contributed by atoms with Crippen molar-refractivity contribution in [2.24, 2.45) is 7.05 Å². The number of pyridine rings is 1. The van der Waals surface area contributed by atoms with Gasteiger partial charge < -0.3 is 29.0 Å². The highest BCUT2D eigenvalue weighted by atomic mass is 16.8. The molecule has 0 bridgehead atoms. The average Bonchev–Trinajstić information content (AvgIpc) is 3.26. The summed E-state index contributed by atoms with van der Waals surface area (Å²) in [5.41, 5.74) is 1.99. The number of nitrogens with zero attached hydrogens (tertiary/aromatic N) is 2. The van der Waals surface area contributed by atoms with Crippen molar-refractivity contribution in [2.45, 2.75) is 38.1 Å². The van der Waals surface area contributed by atoms with E-state index in [1.165, 1.54) is 0 Å². The maximum atomic E-state index is 14.2. The Bertz CT molecular complexity index is 1640. The van der Waals surface area contributed by atoms with Crippen molar-refractivity contribution >= 4 is 44.4 Å². The molecular formula is C29H31N3O5. The van der Waals surface area contributed by atoms with Gasteiger partial charge in [-0.1, -0.05) is 24.3 Å². The molecule has 0 aliphatic carbocycles. The first-order valence-electron chi connectivity index (χ1n) is 12.6. The standard InChI is InChI=1S/C29H31N3O5/c1-29(2)27-26(35-28(34)36-27)23-21(37-29)15-19(30-11-8-12-31(3)4)22-24(23)32(5)20-14-17-10-7-6-9-16(17)13-18(20)25(22)33/h6-7,9-10,13-15,26-27,30H,8,11-12H2,1-5H3/t26-,27-/m1/s1. The van der Waals surface area contributed by atoms with E-state index in [0.717, 1.165) is 29.3 Å². The summed E-state index contributed by atoms with van der Waals surface area (Å²) in [5.74, 6) is 0.585. The molecule has 2 aliphatic rings. The lowest BCUT2D eigenvalue weighted by Crippen LogP contribution is -2.48. The number of carbonyl (C=O) groups is 1. The molecule has 0 amide bonds. The summed E-state index contributed by atoms with van der Waals surface area (Å²) in [6.07, 6.45) is -1.13. The van der Waals surface area contributed by atoms with Gasteiger partial charge in [-0.2, -0.15) is 0 Å². The molecule has 3 heterocycles. The number of aromatic nitrogens is 1. The number of fused-ring (bicyclic) bond motifs is 7. The van der Waals surface area contributed by atoms with Crippen LogP contribution in [0.5, 0.6) is 5.75 Å². The van der Waals surface area contributed by atoms with Gasteiger partial charge in [0, 0.05) is 25.0 Å². The molecule has 0 saturated carbocycles. The maximum Gasteiger partial charge on any atom is 0.509 e. The Kier molecular flexibility index (Phi) is 5.35. The molecule has 2 atom stereocenters. The highest BCUT2D eigenvalue weighted by Crippen LogP contribution is 2.50. The van der Waals surface area contributed by atoms with Crippen LogP contribution < -0.4 is 15.5 Å². The second-order valence-electron chi connectivity index (χ2n) is 10.8. The van der Waals surface area contributed by atoms with Crippen molar-refractivity contribution in [3.05, 3.63) is 58.3 Å². The fourth-order valence-corrected chi connectivity index (χ4v) is 5.72. The molecule has 1 fully saturated rings. The zero-order chi connectivity index (χ0) is 26.1. The minimum atomic E-state index is -0.800. The molecule has 4 aromatic rings. The Morgan fingerprint density at radius 2 is 1.78 bits per heavy atom. The van der Waals surface area contributed by atoms with Gasteiger partial charge in [-0.15, -0.1) is 0 Å². The summed E-state index contributed by atoms with van der Waals surface area (Å²) in [4.78, 5) is 28.6. The number of hydrogen-bond donors (Lipinski definition) is 1. The Labute approximate surface area is 214 Å². The quantitative estimate of drug-likeness (QED) is 0.235. The highest BCUT2D eigenvalue weighted by molar-refractivity contribution is 6.06. The van der Waals surface area contributed by atoms with Gasteiger partial charge in [0.25, 0.3) is 0 Å². The predicted octanol–water partition coefficient (Wildman–Crippen LogP) is 4.96. The van der Waals surface area contributed by atoms with Crippen LogP contribution in [0.1, 0.15) is 31.9 Å². The second kappa shape index (κ2) is 8.38. The SMILES string of the molecule is CN(C)CCCNc1cc2c(c3c1c(=O)c1cc4ccccc4cc1n3C)[C@H]1OC(=O)O[C@H]1C(C)(C)O2. The lowest BCUT2D eigenvalue weighted by molar-refractivity contribution is -0.0497. The fraction of sp³-hybridized carbons (Fsp3) is 0.379. The molecule has 0 spiro atoms. The van der Waals surface area contributed by atoms with Crippen molar-refractivity contribution in [3.63, 3.8) is 0 Å². The summed E-state index contributed by atoms with van der Waals surface area (Å²) in [6.45, 7) is 5.38. The van der Waals surface area contributed by atoms with E-state index in [0.29, 0.717) is 39.8 Å². The molecule has 0 radical (unpaired) electrons. The summed E-state index contributed by atoms with van der Waals surface area (Å²) in [5, 5.41) is 6.74. The Balaban J connectivity index is 1.67. The van der Waals surface area contributed by atoms with Gasteiger partial charge >= 0.3 is 6.16 Å². The Morgan fingerprint density at radius 1 is 1.05 bits per heavy atom. The van der Waals surface area contributed by atoms with Gasteiger partial charge in [-0.3, -0.25) is 4.79 Å². The van der Waals surface area contributed by atoms with Gasteiger partial charge in [0.2, 0.25) is 0 Å². The first kappa shape index (κ1) is 23.6. The third-order valence-corrected chi connectivity index (χ3v) is 7.50. The van der Waals surface area contributed by atoms with Gasteiger partial charge in [0.1, 0.15) is 11.4 Å². The molecule has 1 N–H and O–H groups in total. The minimum absolute atomic E-state index is 0.0709. The number of aryl methyl sites for hydroxylation is 1. The number of ether oxygens (including phenoxy) is 3. The fourth-order valence-electron chi connectivity index (χ4n) is 5.72. The first-order chi connectivity index (χ1) is 17.7. The number of nitrogens with one attached hydrogen (secondary N) is 1. The number of anilines is 1. The molecule has 6 rings (SSSR count). The molecule has 0 unspecified atom stereocenters. The van der Waals surface area contributed by atoms with Crippen LogP contribution in [0.3, 0.4) is 0 Å². The van der Waals surface area contributed by atoms with Crippen molar-refractivity contribution in [2.75, 3.05) is 32.5 Å². The zero-order valence-electron chi connectivity index (χ0n) is 21.8.